The van der Waals surface area contributed by atoms with Crippen molar-refractivity contribution in [2.24, 2.45) is 0 Å². The molecule has 0 aliphatic carbocycles. The van der Waals surface area contributed by atoms with Crippen LogP contribution in [0.3, 0.4) is 0 Å². The number of nitrogens with one attached hydrogen (secondary N) is 1. The monoisotopic (exact) mass is 347 g/mol. The van der Waals surface area contributed by atoms with E-state index in [9.17, 15) is 13.2 Å². The molecule has 2 atom stereocenters. The highest BCUT2D eigenvalue weighted by Gasteiger charge is 2.35. The van der Waals surface area contributed by atoms with Crippen molar-refractivity contribution in [3.63, 3.8) is 0 Å². The lowest BCUT2D eigenvalue weighted by atomic mass is 9.94. The maximum Gasteiger partial charge on any atom is 0.435 e. The Bertz CT molecular complexity index is 515. The van der Waals surface area contributed by atoms with E-state index in [1.54, 1.807) is 0 Å². The van der Waals surface area contributed by atoms with E-state index in [0.717, 1.165) is 58.0 Å². The first-order valence-electron chi connectivity index (χ1n) is 8.56. The minimum atomic E-state index is -4.39. The summed E-state index contributed by atoms with van der Waals surface area (Å²) < 4.78 is 49.2. The van der Waals surface area contributed by atoms with Crippen LogP contribution in [0.5, 0.6) is 0 Å². The maximum atomic E-state index is 12.7. The summed E-state index contributed by atoms with van der Waals surface area (Å²) in [5.41, 5.74) is -0.262. The molecular formula is C16H24F3N3O2. The molecule has 0 amide bonds. The van der Waals surface area contributed by atoms with E-state index in [4.69, 9.17) is 9.47 Å². The van der Waals surface area contributed by atoms with Gasteiger partial charge in [-0.2, -0.15) is 18.3 Å². The van der Waals surface area contributed by atoms with Gasteiger partial charge in [-0.15, -0.1) is 0 Å². The van der Waals surface area contributed by atoms with Crippen LogP contribution in [-0.4, -0.2) is 60.7 Å². The SMILES string of the molecule is FC(F)(F)c1cc(C2CCCN(CCOCC3CCCO3)C2)[nH]n1. The number of aromatic amines is 1. The molecule has 24 heavy (non-hydrogen) atoms. The van der Waals surface area contributed by atoms with E-state index < -0.39 is 11.9 Å². The van der Waals surface area contributed by atoms with Gasteiger partial charge < -0.3 is 14.4 Å². The molecule has 2 aliphatic rings. The van der Waals surface area contributed by atoms with E-state index in [-0.39, 0.29) is 12.0 Å². The lowest BCUT2D eigenvalue weighted by Gasteiger charge is -2.32. The Morgan fingerprint density at radius 1 is 1.33 bits per heavy atom. The summed E-state index contributed by atoms with van der Waals surface area (Å²) in [6, 6.07) is 1.14. The van der Waals surface area contributed by atoms with Gasteiger partial charge in [0, 0.05) is 31.3 Å². The first-order chi connectivity index (χ1) is 11.5. The number of halogens is 3. The molecule has 3 rings (SSSR count). The number of rotatable bonds is 6. The molecule has 1 N–H and O–H groups in total. The molecule has 2 saturated heterocycles. The van der Waals surface area contributed by atoms with Crippen LogP contribution < -0.4 is 0 Å². The fraction of sp³-hybridized carbons (Fsp3) is 0.812. The molecule has 1 aromatic rings. The van der Waals surface area contributed by atoms with Crippen LogP contribution in [-0.2, 0) is 15.7 Å². The third-order valence-corrected chi connectivity index (χ3v) is 4.71. The summed E-state index contributed by atoms with van der Waals surface area (Å²) in [4.78, 5) is 2.25. The predicted molar refractivity (Wildman–Crippen MR) is 81.8 cm³/mol. The number of likely N-dealkylation sites (tertiary alicyclic amines) is 1. The summed E-state index contributed by atoms with van der Waals surface area (Å²) in [7, 11) is 0. The first kappa shape index (κ1) is 17.7. The smallest absolute Gasteiger partial charge is 0.377 e. The van der Waals surface area contributed by atoms with E-state index in [0.29, 0.717) is 18.9 Å². The van der Waals surface area contributed by atoms with E-state index in [1.807, 2.05) is 0 Å². The minimum absolute atomic E-state index is 0.0699. The molecular weight excluding hydrogens is 323 g/mol. The normalized spacial score (nSPS) is 26.1. The Balaban J connectivity index is 1.43. The third kappa shape index (κ3) is 4.70. The fourth-order valence-electron chi connectivity index (χ4n) is 3.39. The number of aromatic nitrogens is 2. The van der Waals surface area contributed by atoms with Crippen molar-refractivity contribution in [1.29, 1.82) is 0 Å². The van der Waals surface area contributed by atoms with Crippen molar-refractivity contribution in [1.82, 2.24) is 15.1 Å². The van der Waals surface area contributed by atoms with E-state index >= 15 is 0 Å². The van der Waals surface area contributed by atoms with Crippen LogP contribution in [0.4, 0.5) is 13.2 Å². The number of hydrogen-bond donors (Lipinski definition) is 1. The van der Waals surface area contributed by atoms with Crippen LogP contribution in [0.15, 0.2) is 6.07 Å². The molecule has 0 bridgehead atoms. The number of piperidine rings is 1. The third-order valence-electron chi connectivity index (χ3n) is 4.71. The fourth-order valence-corrected chi connectivity index (χ4v) is 3.39. The molecule has 2 aliphatic heterocycles. The number of ether oxygens (including phenoxy) is 2. The van der Waals surface area contributed by atoms with Gasteiger partial charge >= 0.3 is 6.18 Å². The highest BCUT2D eigenvalue weighted by atomic mass is 19.4. The van der Waals surface area contributed by atoms with Crippen LogP contribution in [0.2, 0.25) is 0 Å². The van der Waals surface area contributed by atoms with E-state index in [2.05, 4.69) is 15.1 Å². The zero-order chi connectivity index (χ0) is 17.0. The van der Waals surface area contributed by atoms with Gasteiger partial charge in [-0.3, -0.25) is 5.10 Å². The Morgan fingerprint density at radius 3 is 2.92 bits per heavy atom. The van der Waals surface area contributed by atoms with Crippen molar-refractivity contribution in [2.45, 2.75) is 43.9 Å². The van der Waals surface area contributed by atoms with Crippen molar-refractivity contribution in [3.05, 3.63) is 17.5 Å². The van der Waals surface area contributed by atoms with Crippen molar-refractivity contribution in [2.75, 3.05) is 39.5 Å². The molecule has 3 heterocycles. The lowest BCUT2D eigenvalue weighted by molar-refractivity contribution is -0.141. The molecule has 0 saturated carbocycles. The molecule has 1 aromatic heterocycles. The van der Waals surface area contributed by atoms with Gasteiger partial charge in [-0.25, -0.2) is 0 Å². The molecule has 8 heteroatoms. The summed E-state index contributed by atoms with van der Waals surface area (Å²) in [6.45, 7) is 4.58. The highest BCUT2D eigenvalue weighted by molar-refractivity contribution is 5.16. The second kappa shape index (κ2) is 7.84. The van der Waals surface area contributed by atoms with Crippen LogP contribution in [0, 0.1) is 0 Å². The Hall–Kier alpha value is -1.12. The van der Waals surface area contributed by atoms with Crippen molar-refractivity contribution >= 4 is 0 Å². The minimum Gasteiger partial charge on any atom is -0.377 e. The Morgan fingerprint density at radius 2 is 2.21 bits per heavy atom. The van der Waals surface area contributed by atoms with Crippen LogP contribution in [0.25, 0.3) is 0 Å². The number of alkyl halides is 3. The number of hydrogen-bond acceptors (Lipinski definition) is 4. The number of H-pyrrole nitrogens is 1. The van der Waals surface area contributed by atoms with Gasteiger partial charge in [0.2, 0.25) is 0 Å². The summed E-state index contributed by atoms with van der Waals surface area (Å²) >= 11 is 0. The summed E-state index contributed by atoms with van der Waals surface area (Å²) in [5.74, 6) is 0.0699. The predicted octanol–water partition coefficient (Wildman–Crippen LogP) is 2.80. The molecule has 5 nitrogen and oxygen atoms in total. The van der Waals surface area contributed by atoms with Gasteiger partial charge in [-0.1, -0.05) is 0 Å². The average molecular weight is 347 g/mol. The second-order valence-corrected chi connectivity index (χ2v) is 6.56. The standard InChI is InChI=1S/C16H24F3N3O2/c17-16(18,19)15-9-14(20-21-15)12-3-1-5-22(10-12)6-8-23-11-13-4-2-7-24-13/h9,12-13H,1-8,10-11H2,(H,20,21). The van der Waals surface area contributed by atoms with Crippen molar-refractivity contribution < 1.29 is 22.6 Å². The zero-order valence-electron chi connectivity index (χ0n) is 13.6. The summed E-state index contributed by atoms with van der Waals surface area (Å²) in [5, 5.41) is 5.96. The Kier molecular flexibility index (Phi) is 5.78. The molecule has 0 radical (unpaired) electrons. The Labute approximate surface area is 139 Å². The van der Waals surface area contributed by atoms with Crippen LogP contribution >= 0.6 is 0 Å². The quantitative estimate of drug-likeness (QED) is 0.804. The molecule has 2 fully saturated rings. The van der Waals surface area contributed by atoms with Gasteiger partial charge in [0.25, 0.3) is 0 Å². The second-order valence-electron chi connectivity index (χ2n) is 6.56. The molecule has 0 spiro atoms. The van der Waals surface area contributed by atoms with Gasteiger partial charge in [0.05, 0.1) is 19.3 Å². The van der Waals surface area contributed by atoms with Crippen LogP contribution in [0.1, 0.15) is 43.0 Å². The van der Waals surface area contributed by atoms with Crippen molar-refractivity contribution in [3.8, 4) is 0 Å². The molecule has 2 unspecified atom stereocenters. The average Bonchev–Trinajstić information content (AvgIpc) is 3.23. The highest BCUT2D eigenvalue weighted by Crippen LogP contribution is 2.31. The van der Waals surface area contributed by atoms with E-state index in [1.165, 1.54) is 0 Å². The number of nitrogens with zero attached hydrogens (tertiary/aromatic N) is 2. The molecule has 136 valence electrons. The largest absolute Gasteiger partial charge is 0.435 e. The lowest BCUT2D eigenvalue weighted by Crippen LogP contribution is -2.37. The van der Waals surface area contributed by atoms with Gasteiger partial charge in [0.1, 0.15) is 0 Å². The topological polar surface area (TPSA) is 50.4 Å². The zero-order valence-corrected chi connectivity index (χ0v) is 13.6. The molecule has 0 aromatic carbocycles. The van der Waals surface area contributed by atoms with Gasteiger partial charge in [-0.05, 0) is 38.3 Å². The maximum absolute atomic E-state index is 12.7. The van der Waals surface area contributed by atoms with Gasteiger partial charge in [0.15, 0.2) is 5.69 Å². The summed E-state index contributed by atoms with van der Waals surface area (Å²) in [6.07, 6.45) is -0.146. The first-order valence-corrected chi connectivity index (χ1v) is 8.56.